The van der Waals surface area contributed by atoms with Crippen molar-refractivity contribution in [1.82, 2.24) is 14.5 Å². The van der Waals surface area contributed by atoms with Crippen molar-refractivity contribution in [3.63, 3.8) is 0 Å². The summed E-state index contributed by atoms with van der Waals surface area (Å²) in [5.74, 6) is -2.56. The Balaban J connectivity index is 0.000000633. The molecule has 1 fully saturated rings. The Morgan fingerprint density at radius 2 is 1.56 bits per heavy atom. The van der Waals surface area contributed by atoms with Gasteiger partial charge in [-0.25, -0.2) is 13.2 Å². The molecule has 2 N–H and O–H groups in total. The lowest BCUT2D eigenvalue weighted by atomic mass is 10.0. The summed E-state index contributed by atoms with van der Waals surface area (Å²) in [6.45, 7) is 10.3. The molecule has 12 heteroatoms. The maximum atomic E-state index is 13.0. The number of carbonyl (C=O) groups is 2. The Morgan fingerprint density at radius 1 is 1.09 bits per heavy atom. The summed E-state index contributed by atoms with van der Waals surface area (Å²) in [7, 11) is -3.71. The SMILES string of the molecule is CC(C)c1ccc(S(=O)(=O)N(CC(=O)N2CCNCC2)C(C)C)cc1.O=C(O)C(F)(F)F. The molecule has 1 saturated heterocycles. The van der Waals surface area contributed by atoms with Crippen LogP contribution >= 0.6 is 0 Å². The fourth-order valence-electron chi connectivity index (χ4n) is 2.85. The lowest BCUT2D eigenvalue weighted by Gasteiger charge is -2.31. The number of aliphatic carboxylic acids is 1. The molecule has 0 radical (unpaired) electrons. The highest BCUT2D eigenvalue weighted by Crippen LogP contribution is 2.22. The van der Waals surface area contributed by atoms with Crippen LogP contribution in [0.4, 0.5) is 13.2 Å². The molecule has 1 aliphatic rings. The number of carboxylic acid groups (broad SMARTS) is 1. The molecule has 0 aromatic heterocycles. The average Bonchev–Trinajstić information content (AvgIpc) is 2.71. The molecule has 1 aromatic rings. The lowest BCUT2D eigenvalue weighted by Crippen LogP contribution is -2.51. The van der Waals surface area contributed by atoms with Gasteiger partial charge in [0.25, 0.3) is 0 Å². The third-order valence-corrected chi connectivity index (χ3v) is 6.77. The van der Waals surface area contributed by atoms with E-state index in [-0.39, 0.29) is 23.4 Å². The van der Waals surface area contributed by atoms with E-state index in [0.717, 1.165) is 18.7 Å². The number of nitrogens with zero attached hydrogens (tertiary/aromatic N) is 2. The quantitative estimate of drug-likeness (QED) is 0.646. The van der Waals surface area contributed by atoms with E-state index in [1.807, 2.05) is 12.1 Å². The van der Waals surface area contributed by atoms with Gasteiger partial charge in [-0.2, -0.15) is 17.5 Å². The molecule has 32 heavy (non-hydrogen) atoms. The van der Waals surface area contributed by atoms with E-state index in [1.165, 1.54) is 4.31 Å². The summed E-state index contributed by atoms with van der Waals surface area (Å²) in [4.78, 5) is 23.4. The Morgan fingerprint density at radius 3 is 1.94 bits per heavy atom. The van der Waals surface area contributed by atoms with Crippen LogP contribution in [-0.4, -0.2) is 79.5 Å². The van der Waals surface area contributed by atoms with Gasteiger partial charge in [-0.1, -0.05) is 26.0 Å². The van der Waals surface area contributed by atoms with Crippen LogP contribution in [0.2, 0.25) is 0 Å². The molecule has 1 heterocycles. The van der Waals surface area contributed by atoms with Crippen molar-refractivity contribution in [2.45, 2.75) is 50.7 Å². The van der Waals surface area contributed by atoms with Crippen molar-refractivity contribution in [3.05, 3.63) is 29.8 Å². The van der Waals surface area contributed by atoms with E-state index >= 15 is 0 Å². The van der Waals surface area contributed by atoms with Gasteiger partial charge in [0.2, 0.25) is 15.9 Å². The highest BCUT2D eigenvalue weighted by Gasteiger charge is 2.38. The number of nitrogens with one attached hydrogen (secondary N) is 1. The average molecular weight is 482 g/mol. The van der Waals surface area contributed by atoms with Crippen LogP contribution in [0.3, 0.4) is 0 Å². The molecule has 0 atom stereocenters. The second-order valence-corrected chi connectivity index (χ2v) is 9.69. The third kappa shape index (κ3) is 8.06. The van der Waals surface area contributed by atoms with E-state index in [0.29, 0.717) is 19.0 Å². The highest BCUT2D eigenvalue weighted by molar-refractivity contribution is 7.89. The normalized spacial score (nSPS) is 15.0. The van der Waals surface area contributed by atoms with E-state index in [9.17, 15) is 26.4 Å². The Hall–Kier alpha value is -2.18. The predicted molar refractivity (Wildman–Crippen MR) is 113 cm³/mol. The molecule has 0 aliphatic carbocycles. The standard InChI is InChI=1S/C18H29N3O3S.C2HF3O2/c1-14(2)16-5-7-17(8-6-16)25(23,24)21(15(3)4)13-18(22)20-11-9-19-10-12-20;3-2(4,5)1(6)7/h5-8,14-15,19H,9-13H2,1-4H3;(H,6,7). The molecule has 1 aliphatic heterocycles. The minimum absolute atomic E-state index is 0.119. The van der Waals surface area contributed by atoms with Crippen LogP contribution in [0.1, 0.15) is 39.2 Å². The molecule has 1 amide bonds. The largest absolute Gasteiger partial charge is 0.490 e. The number of alkyl halides is 3. The molecule has 2 rings (SSSR count). The zero-order valence-electron chi connectivity index (χ0n) is 18.5. The number of rotatable bonds is 6. The van der Waals surface area contributed by atoms with Crippen LogP contribution in [0.25, 0.3) is 0 Å². The maximum absolute atomic E-state index is 13.0. The number of hydrogen-bond donors (Lipinski definition) is 2. The van der Waals surface area contributed by atoms with Crippen molar-refractivity contribution in [2.24, 2.45) is 0 Å². The number of carbonyl (C=O) groups excluding carboxylic acids is 1. The first-order chi connectivity index (χ1) is 14.7. The number of halogens is 3. The van der Waals surface area contributed by atoms with Gasteiger partial charge in [-0.05, 0) is 37.5 Å². The van der Waals surface area contributed by atoms with Crippen LogP contribution in [0.5, 0.6) is 0 Å². The Bertz CT molecular complexity index is 865. The van der Waals surface area contributed by atoms with Gasteiger partial charge in [0, 0.05) is 32.2 Å². The van der Waals surface area contributed by atoms with Gasteiger partial charge in [0.05, 0.1) is 11.4 Å². The summed E-state index contributed by atoms with van der Waals surface area (Å²) in [5.41, 5.74) is 1.09. The van der Waals surface area contributed by atoms with Crippen molar-refractivity contribution in [1.29, 1.82) is 0 Å². The molecular weight excluding hydrogens is 451 g/mol. The lowest BCUT2D eigenvalue weighted by molar-refractivity contribution is -0.192. The van der Waals surface area contributed by atoms with E-state index < -0.39 is 22.2 Å². The topological polar surface area (TPSA) is 107 Å². The monoisotopic (exact) mass is 481 g/mol. The van der Waals surface area contributed by atoms with E-state index in [4.69, 9.17) is 9.90 Å². The molecule has 0 spiro atoms. The first-order valence-electron chi connectivity index (χ1n) is 10.1. The number of carboxylic acids is 1. The molecular formula is C20H30F3N3O5S. The van der Waals surface area contributed by atoms with Gasteiger partial charge in [-0.15, -0.1) is 0 Å². The number of piperazine rings is 1. The molecule has 182 valence electrons. The highest BCUT2D eigenvalue weighted by atomic mass is 32.2. The third-order valence-electron chi connectivity index (χ3n) is 4.73. The molecule has 1 aromatic carbocycles. The fourth-order valence-corrected chi connectivity index (χ4v) is 4.44. The van der Waals surface area contributed by atoms with Crippen molar-refractivity contribution in [3.8, 4) is 0 Å². The second-order valence-electron chi connectivity index (χ2n) is 7.80. The molecule has 0 saturated carbocycles. The Kier molecular flexibility index (Phi) is 10.1. The summed E-state index contributed by atoms with van der Waals surface area (Å²) < 4.78 is 59.1. The van der Waals surface area contributed by atoms with Gasteiger partial charge in [0.15, 0.2) is 0 Å². The zero-order valence-corrected chi connectivity index (χ0v) is 19.3. The number of amides is 1. The first kappa shape index (κ1) is 27.9. The first-order valence-corrected chi connectivity index (χ1v) is 11.5. The minimum atomic E-state index is -5.08. The van der Waals surface area contributed by atoms with Gasteiger partial charge in [0.1, 0.15) is 0 Å². The fraction of sp³-hybridized carbons (Fsp3) is 0.600. The van der Waals surface area contributed by atoms with Crippen LogP contribution in [-0.2, 0) is 19.6 Å². The summed E-state index contributed by atoms with van der Waals surface area (Å²) in [5, 5.41) is 10.3. The van der Waals surface area contributed by atoms with Crippen LogP contribution in [0, 0.1) is 0 Å². The number of sulfonamides is 1. The summed E-state index contributed by atoms with van der Waals surface area (Å²) in [6, 6.07) is 6.66. The second kappa shape index (κ2) is 11.6. The number of hydrogen-bond acceptors (Lipinski definition) is 5. The van der Waals surface area contributed by atoms with Crippen LogP contribution in [0.15, 0.2) is 29.2 Å². The van der Waals surface area contributed by atoms with Gasteiger partial charge < -0.3 is 15.3 Å². The molecule has 0 bridgehead atoms. The minimum Gasteiger partial charge on any atom is -0.475 e. The van der Waals surface area contributed by atoms with Gasteiger partial charge in [-0.3, -0.25) is 4.79 Å². The molecule has 8 nitrogen and oxygen atoms in total. The zero-order chi connectivity index (χ0) is 24.7. The van der Waals surface area contributed by atoms with Crippen LogP contribution < -0.4 is 5.32 Å². The van der Waals surface area contributed by atoms with Gasteiger partial charge >= 0.3 is 12.1 Å². The van der Waals surface area contributed by atoms with Crippen molar-refractivity contribution < 1.29 is 36.3 Å². The summed E-state index contributed by atoms with van der Waals surface area (Å²) in [6.07, 6.45) is -5.08. The van der Waals surface area contributed by atoms with E-state index in [2.05, 4.69) is 19.2 Å². The van der Waals surface area contributed by atoms with Crippen molar-refractivity contribution in [2.75, 3.05) is 32.7 Å². The maximum Gasteiger partial charge on any atom is 0.490 e. The predicted octanol–water partition coefficient (Wildman–Crippen LogP) is 2.27. The number of benzene rings is 1. The van der Waals surface area contributed by atoms with Crippen molar-refractivity contribution >= 4 is 21.9 Å². The smallest absolute Gasteiger partial charge is 0.475 e. The molecule has 0 unspecified atom stereocenters. The Labute approximate surface area is 186 Å². The summed E-state index contributed by atoms with van der Waals surface area (Å²) >= 11 is 0. The van der Waals surface area contributed by atoms with E-state index in [1.54, 1.807) is 30.9 Å².